The van der Waals surface area contributed by atoms with Crippen molar-refractivity contribution in [1.29, 1.82) is 0 Å². The molecule has 0 radical (unpaired) electrons. The van der Waals surface area contributed by atoms with E-state index in [1.807, 2.05) is 0 Å². The third-order valence-electron chi connectivity index (χ3n) is 11.2. The summed E-state index contributed by atoms with van der Waals surface area (Å²) in [6.07, 6.45) is 64.7. The molecule has 0 N–H and O–H groups in total. The van der Waals surface area contributed by atoms with Crippen LogP contribution in [0.5, 0.6) is 0 Å². The molecule has 6 nitrogen and oxygen atoms in total. The van der Waals surface area contributed by atoms with Gasteiger partial charge in [-0.05, 0) is 83.5 Å². The molecule has 0 aliphatic carbocycles. The third kappa shape index (κ3) is 49.7. The molecular weight excluding hydrogens is 781 g/mol. The van der Waals surface area contributed by atoms with Crippen LogP contribution in [0.3, 0.4) is 0 Å². The molecule has 63 heavy (non-hydrogen) atoms. The van der Waals surface area contributed by atoms with Gasteiger partial charge in [0.1, 0.15) is 13.2 Å². The van der Waals surface area contributed by atoms with E-state index in [0.29, 0.717) is 19.3 Å². The van der Waals surface area contributed by atoms with Crippen molar-refractivity contribution in [3.05, 3.63) is 72.9 Å². The van der Waals surface area contributed by atoms with Gasteiger partial charge in [-0.3, -0.25) is 14.4 Å². The van der Waals surface area contributed by atoms with Gasteiger partial charge < -0.3 is 14.2 Å². The maximum absolute atomic E-state index is 12.8. The number of carbonyl (C=O) groups is 3. The molecule has 0 aromatic rings. The molecule has 0 fully saturated rings. The van der Waals surface area contributed by atoms with Crippen molar-refractivity contribution in [2.45, 2.75) is 258 Å². The van der Waals surface area contributed by atoms with Gasteiger partial charge in [0.15, 0.2) is 6.10 Å². The molecule has 0 aliphatic rings. The first-order valence-electron chi connectivity index (χ1n) is 26.4. The second-order valence-corrected chi connectivity index (χ2v) is 17.4. The molecule has 0 rings (SSSR count). The zero-order valence-electron chi connectivity index (χ0n) is 41.3. The Morgan fingerprint density at radius 1 is 0.317 bits per heavy atom. The molecule has 0 amide bonds. The van der Waals surface area contributed by atoms with Crippen LogP contribution in [0.2, 0.25) is 0 Å². The monoisotopic (exact) mass is 879 g/mol. The number of hydrogen-bond donors (Lipinski definition) is 0. The summed E-state index contributed by atoms with van der Waals surface area (Å²) in [5.41, 5.74) is 0. The van der Waals surface area contributed by atoms with Gasteiger partial charge >= 0.3 is 17.9 Å². The third-order valence-corrected chi connectivity index (χ3v) is 11.2. The fourth-order valence-electron chi connectivity index (χ4n) is 7.18. The fourth-order valence-corrected chi connectivity index (χ4v) is 7.18. The van der Waals surface area contributed by atoms with Gasteiger partial charge in [0.2, 0.25) is 0 Å². The van der Waals surface area contributed by atoms with E-state index in [-0.39, 0.29) is 44.0 Å². The van der Waals surface area contributed by atoms with E-state index in [0.717, 1.165) is 57.8 Å². The van der Waals surface area contributed by atoms with Crippen molar-refractivity contribution < 1.29 is 28.6 Å². The van der Waals surface area contributed by atoms with E-state index < -0.39 is 6.10 Å². The van der Waals surface area contributed by atoms with Crippen LogP contribution in [-0.4, -0.2) is 37.2 Å². The van der Waals surface area contributed by atoms with Gasteiger partial charge in [0.25, 0.3) is 0 Å². The second-order valence-electron chi connectivity index (χ2n) is 17.4. The highest BCUT2D eigenvalue weighted by atomic mass is 16.6. The molecular formula is C57H98O6. The van der Waals surface area contributed by atoms with Crippen LogP contribution in [0, 0.1) is 0 Å². The van der Waals surface area contributed by atoms with E-state index in [9.17, 15) is 14.4 Å². The van der Waals surface area contributed by atoms with Crippen LogP contribution in [0.4, 0.5) is 0 Å². The predicted molar refractivity (Wildman–Crippen MR) is 270 cm³/mol. The molecule has 1 atom stereocenters. The van der Waals surface area contributed by atoms with Crippen molar-refractivity contribution in [3.63, 3.8) is 0 Å². The molecule has 0 bridgehead atoms. The molecule has 0 aliphatic heterocycles. The lowest BCUT2D eigenvalue weighted by molar-refractivity contribution is -0.167. The van der Waals surface area contributed by atoms with E-state index in [2.05, 4.69) is 93.7 Å². The number of allylic oxidation sites excluding steroid dienone is 12. The summed E-state index contributed by atoms with van der Waals surface area (Å²) in [6, 6.07) is 0. The molecule has 0 heterocycles. The topological polar surface area (TPSA) is 78.9 Å². The number of esters is 3. The summed E-state index contributed by atoms with van der Waals surface area (Å²) >= 11 is 0. The van der Waals surface area contributed by atoms with Crippen LogP contribution in [0.25, 0.3) is 0 Å². The van der Waals surface area contributed by atoms with Crippen molar-refractivity contribution >= 4 is 17.9 Å². The number of carbonyl (C=O) groups excluding carboxylic acids is 3. The molecule has 0 aromatic heterocycles. The Labute approximate surface area is 389 Å². The van der Waals surface area contributed by atoms with E-state index in [4.69, 9.17) is 14.2 Å². The maximum Gasteiger partial charge on any atom is 0.306 e. The van der Waals surface area contributed by atoms with Crippen molar-refractivity contribution in [2.75, 3.05) is 13.2 Å². The lowest BCUT2D eigenvalue weighted by Crippen LogP contribution is -2.30. The quantitative estimate of drug-likeness (QED) is 0.0262. The summed E-state index contributed by atoms with van der Waals surface area (Å²) in [7, 11) is 0. The highest BCUT2D eigenvalue weighted by Gasteiger charge is 2.19. The molecule has 0 saturated carbocycles. The molecule has 0 aromatic carbocycles. The summed E-state index contributed by atoms with van der Waals surface area (Å²) in [5.74, 6) is -1.02. The first-order chi connectivity index (χ1) is 31.0. The highest BCUT2D eigenvalue weighted by Crippen LogP contribution is 2.14. The lowest BCUT2D eigenvalue weighted by atomic mass is 10.1. The SMILES string of the molecule is CCCCCCCC/C=C\C/C=C\C/C=C\CCCC(=O)OCC(COC(=O)CCCCCCCCCCCCC)OC(=O)CCC/C=C\C/C=C\C/C=C\CCCCCCCC. The van der Waals surface area contributed by atoms with Crippen LogP contribution < -0.4 is 0 Å². The Kier molecular flexibility index (Phi) is 48.9. The van der Waals surface area contributed by atoms with Gasteiger partial charge in [-0.1, -0.05) is 222 Å². The fraction of sp³-hybridized carbons (Fsp3) is 0.737. The number of ether oxygens (including phenoxy) is 3. The summed E-state index contributed by atoms with van der Waals surface area (Å²) in [4.78, 5) is 37.9. The Hall–Kier alpha value is -3.15. The smallest absolute Gasteiger partial charge is 0.306 e. The van der Waals surface area contributed by atoms with Crippen molar-refractivity contribution in [3.8, 4) is 0 Å². The largest absolute Gasteiger partial charge is 0.462 e. The summed E-state index contributed by atoms with van der Waals surface area (Å²) in [5, 5.41) is 0. The Balaban J connectivity index is 4.52. The zero-order chi connectivity index (χ0) is 45.8. The first kappa shape index (κ1) is 59.9. The van der Waals surface area contributed by atoms with Gasteiger partial charge in [0.05, 0.1) is 0 Å². The molecule has 6 heteroatoms. The maximum atomic E-state index is 12.8. The van der Waals surface area contributed by atoms with Gasteiger partial charge in [-0.2, -0.15) is 0 Å². The molecule has 362 valence electrons. The van der Waals surface area contributed by atoms with Crippen molar-refractivity contribution in [2.24, 2.45) is 0 Å². The van der Waals surface area contributed by atoms with Gasteiger partial charge in [-0.15, -0.1) is 0 Å². The van der Waals surface area contributed by atoms with Gasteiger partial charge in [0, 0.05) is 19.3 Å². The lowest BCUT2D eigenvalue weighted by Gasteiger charge is -2.18. The standard InChI is InChI=1S/C57H98O6/c1-4-7-10-13-16-19-22-24-26-28-30-32-35-38-41-44-47-50-56(59)62-53-54(52-61-55(58)49-46-43-40-37-34-21-18-15-12-9-6-3)63-57(60)51-48-45-42-39-36-33-31-29-27-25-23-20-17-14-11-8-5-2/h24-27,30-33,38-39,41-42,54H,4-23,28-29,34-37,40,43-53H2,1-3H3/b26-24-,27-25-,32-30-,33-31-,41-38-,42-39-. The van der Waals surface area contributed by atoms with Crippen LogP contribution >= 0.6 is 0 Å². The average Bonchev–Trinajstić information content (AvgIpc) is 3.28. The van der Waals surface area contributed by atoms with Crippen LogP contribution in [0.1, 0.15) is 252 Å². The minimum Gasteiger partial charge on any atom is -0.462 e. The van der Waals surface area contributed by atoms with E-state index in [1.54, 1.807) is 0 Å². The first-order valence-corrected chi connectivity index (χ1v) is 26.4. The summed E-state index contributed by atoms with van der Waals surface area (Å²) in [6.45, 7) is 6.53. The van der Waals surface area contributed by atoms with E-state index >= 15 is 0 Å². The normalized spacial score (nSPS) is 12.6. The highest BCUT2D eigenvalue weighted by molar-refractivity contribution is 5.71. The van der Waals surface area contributed by atoms with Crippen LogP contribution in [-0.2, 0) is 28.6 Å². The molecule has 0 spiro atoms. The minimum absolute atomic E-state index is 0.110. The number of rotatable bonds is 47. The second kappa shape index (κ2) is 51.5. The number of hydrogen-bond acceptors (Lipinski definition) is 6. The number of unbranched alkanes of at least 4 members (excludes halogenated alkanes) is 24. The Morgan fingerprint density at radius 2 is 0.587 bits per heavy atom. The van der Waals surface area contributed by atoms with Gasteiger partial charge in [-0.25, -0.2) is 0 Å². The Bertz CT molecular complexity index is 1190. The Morgan fingerprint density at radius 3 is 0.952 bits per heavy atom. The minimum atomic E-state index is -0.819. The zero-order valence-corrected chi connectivity index (χ0v) is 41.3. The summed E-state index contributed by atoms with van der Waals surface area (Å²) < 4.78 is 16.7. The molecule has 0 saturated heterocycles. The average molecular weight is 879 g/mol. The predicted octanol–water partition coefficient (Wildman–Crippen LogP) is 17.4. The molecule has 1 unspecified atom stereocenters. The van der Waals surface area contributed by atoms with E-state index in [1.165, 1.54) is 141 Å². The van der Waals surface area contributed by atoms with Crippen molar-refractivity contribution in [1.82, 2.24) is 0 Å². The van der Waals surface area contributed by atoms with Crippen LogP contribution in [0.15, 0.2) is 72.9 Å².